The number of ether oxygens (including phenoxy) is 1. The first-order valence-electron chi connectivity index (χ1n) is 10.5. The molecule has 2 amide bonds. The van der Waals surface area contributed by atoms with Gasteiger partial charge in [0.1, 0.15) is 12.4 Å². The summed E-state index contributed by atoms with van der Waals surface area (Å²) >= 11 is 0. The Bertz CT molecular complexity index is 950. The predicted octanol–water partition coefficient (Wildman–Crippen LogP) is 1.36. The van der Waals surface area contributed by atoms with E-state index >= 15 is 0 Å². The van der Waals surface area contributed by atoms with Crippen LogP contribution in [0.5, 0.6) is 0 Å². The van der Waals surface area contributed by atoms with Crippen molar-refractivity contribution in [3.05, 3.63) is 36.2 Å². The molecule has 4 rings (SSSR count). The molecule has 0 bridgehead atoms. The van der Waals surface area contributed by atoms with Gasteiger partial charge in [-0.1, -0.05) is 12.8 Å². The number of benzene rings is 1. The number of anilines is 4. The van der Waals surface area contributed by atoms with Gasteiger partial charge in [-0.05, 0) is 37.1 Å². The highest BCUT2D eigenvalue weighted by molar-refractivity contribution is 5.97. The summed E-state index contributed by atoms with van der Waals surface area (Å²) in [5.41, 5.74) is 13.2. The van der Waals surface area contributed by atoms with Gasteiger partial charge in [-0.25, -0.2) is 9.97 Å². The fourth-order valence-corrected chi connectivity index (χ4v) is 3.91. The molecule has 1 aliphatic heterocycles. The lowest BCUT2D eigenvalue weighted by Crippen LogP contribution is -2.42. The monoisotopic (exact) mass is 425 g/mol. The third-order valence-electron chi connectivity index (χ3n) is 5.59. The van der Waals surface area contributed by atoms with E-state index in [-0.39, 0.29) is 36.1 Å². The van der Waals surface area contributed by atoms with Crippen molar-refractivity contribution in [2.75, 3.05) is 35.3 Å². The van der Waals surface area contributed by atoms with Gasteiger partial charge in [0, 0.05) is 30.0 Å². The highest BCUT2D eigenvalue weighted by Gasteiger charge is 2.23. The van der Waals surface area contributed by atoms with Gasteiger partial charge >= 0.3 is 0 Å². The number of nitrogens with one attached hydrogen (secondary N) is 2. The van der Waals surface area contributed by atoms with Crippen LogP contribution in [0.25, 0.3) is 0 Å². The highest BCUT2D eigenvalue weighted by Crippen LogP contribution is 2.25. The number of morpholine rings is 1. The lowest BCUT2D eigenvalue weighted by atomic mass is 9.91. The standard InChI is InChI=1S/C21H27N7O3/c22-15-3-1-2-4-16(15)26-17-11-24-19(20(23)30)21(27-17)25-13-5-7-14(8-6-13)28-9-10-31-12-18(28)29/h5-8,11,15-16H,1-4,9-10,12,22H2,(H2,23,30)(H2,25,26,27)/t15-,16+/m0/s1. The van der Waals surface area contributed by atoms with Gasteiger partial charge in [-0.2, -0.15) is 0 Å². The normalized spacial score (nSPS) is 21.6. The number of carbonyl (C=O) groups excluding carboxylic acids is 2. The van der Waals surface area contributed by atoms with Crippen LogP contribution in [0, 0.1) is 0 Å². The Morgan fingerprint density at radius 1 is 1.19 bits per heavy atom. The SMILES string of the molecule is NC(=O)c1ncc(N[C@@H]2CCCC[C@@H]2N)nc1Nc1ccc(N2CCOCC2=O)cc1. The van der Waals surface area contributed by atoms with Gasteiger partial charge in [-0.15, -0.1) is 0 Å². The number of hydrogen-bond donors (Lipinski definition) is 4. The predicted molar refractivity (Wildman–Crippen MR) is 117 cm³/mol. The highest BCUT2D eigenvalue weighted by atomic mass is 16.5. The first kappa shape index (κ1) is 21.0. The molecule has 2 atom stereocenters. The number of aromatic nitrogens is 2. The van der Waals surface area contributed by atoms with Crippen molar-refractivity contribution >= 4 is 34.8 Å². The molecule has 2 aliphatic rings. The molecule has 1 saturated heterocycles. The van der Waals surface area contributed by atoms with Crippen molar-refractivity contribution < 1.29 is 14.3 Å². The lowest BCUT2D eigenvalue weighted by molar-refractivity contribution is -0.125. The van der Waals surface area contributed by atoms with Gasteiger partial charge in [0.2, 0.25) is 0 Å². The summed E-state index contributed by atoms with van der Waals surface area (Å²) in [6, 6.07) is 7.43. The van der Waals surface area contributed by atoms with Crippen molar-refractivity contribution in [3.63, 3.8) is 0 Å². The molecule has 1 aromatic carbocycles. The Morgan fingerprint density at radius 2 is 1.97 bits per heavy atom. The maximum Gasteiger partial charge on any atom is 0.271 e. The number of rotatable bonds is 6. The first-order valence-corrected chi connectivity index (χ1v) is 10.5. The second-order valence-electron chi connectivity index (χ2n) is 7.79. The molecular formula is C21H27N7O3. The maximum atomic E-state index is 12.0. The van der Waals surface area contributed by atoms with Gasteiger partial charge in [0.15, 0.2) is 11.5 Å². The molecule has 10 nitrogen and oxygen atoms in total. The van der Waals surface area contributed by atoms with Crippen LogP contribution in [0.3, 0.4) is 0 Å². The van der Waals surface area contributed by atoms with Crippen molar-refractivity contribution in [3.8, 4) is 0 Å². The largest absolute Gasteiger partial charge is 0.370 e. The number of hydrogen-bond acceptors (Lipinski definition) is 8. The summed E-state index contributed by atoms with van der Waals surface area (Å²) in [5.74, 6) is 0.0439. The first-order chi connectivity index (χ1) is 15.0. The van der Waals surface area contributed by atoms with Crippen LogP contribution < -0.4 is 27.0 Å². The molecule has 2 aromatic rings. The molecule has 0 spiro atoms. The zero-order valence-electron chi connectivity index (χ0n) is 17.2. The number of nitrogens with two attached hydrogens (primary N) is 2. The molecule has 6 N–H and O–H groups in total. The van der Waals surface area contributed by atoms with Crippen molar-refractivity contribution in [2.24, 2.45) is 11.5 Å². The average molecular weight is 425 g/mol. The van der Waals surface area contributed by atoms with Crippen molar-refractivity contribution in [1.82, 2.24) is 9.97 Å². The van der Waals surface area contributed by atoms with E-state index in [1.54, 1.807) is 4.90 Å². The van der Waals surface area contributed by atoms with Crippen molar-refractivity contribution in [1.29, 1.82) is 0 Å². The number of primary amides is 1. The molecule has 10 heteroatoms. The van der Waals surface area contributed by atoms with Crippen LogP contribution >= 0.6 is 0 Å². The van der Waals surface area contributed by atoms with Crippen LogP contribution in [0.1, 0.15) is 36.2 Å². The van der Waals surface area contributed by atoms with Crippen LogP contribution in [-0.2, 0) is 9.53 Å². The molecule has 2 fully saturated rings. The third-order valence-corrected chi connectivity index (χ3v) is 5.59. The topological polar surface area (TPSA) is 148 Å². The van der Waals surface area contributed by atoms with E-state index < -0.39 is 5.91 Å². The van der Waals surface area contributed by atoms with E-state index in [2.05, 4.69) is 20.6 Å². The van der Waals surface area contributed by atoms with Gasteiger partial charge < -0.3 is 31.7 Å². The fraction of sp³-hybridized carbons (Fsp3) is 0.429. The Labute approximate surface area is 180 Å². The van der Waals surface area contributed by atoms with E-state index in [1.807, 2.05) is 24.3 Å². The number of amides is 2. The Morgan fingerprint density at radius 3 is 2.68 bits per heavy atom. The minimum absolute atomic E-state index is 0.0472. The number of carbonyl (C=O) groups is 2. The second kappa shape index (κ2) is 9.27. The summed E-state index contributed by atoms with van der Waals surface area (Å²) in [4.78, 5) is 34.3. The molecule has 164 valence electrons. The zero-order chi connectivity index (χ0) is 21.8. The Hall–Kier alpha value is -3.24. The third kappa shape index (κ3) is 4.92. The molecule has 0 radical (unpaired) electrons. The average Bonchev–Trinajstić information content (AvgIpc) is 2.76. The second-order valence-corrected chi connectivity index (χ2v) is 7.79. The van der Waals surface area contributed by atoms with Crippen LogP contribution in [0.4, 0.5) is 23.0 Å². The number of nitrogens with zero attached hydrogens (tertiary/aromatic N) is 3. The molecule has 1 aliphatic carbocycles. The van der Waals surface area contributed by atoms with Gasteiger partial charge in [-0.3, -0.25) is 9.59 Å². The van der Waals surface area contributed by atoms with E-state index in [0.29, 0.717) is 24.7 Å². The molecule has 2 heterocycles. The summed E-state index contributed by atoms with van der Waals surface area (Å²) < 4.78 is 5.17. The summed E-state index contributed by atoms with van der Waals surface area (Å²) in [7, 11) is 0. The van der Waals surface area contributed by atoms with Crippen molar-refractivity contribution in [2.45, 2.75) is 37.8 Å². The smallest absolute Gasteiger partial charge is 0.271 e. The summed E-state index contributed by atoms with van der Waals surface area (Å²) in [5, 5.41) is 6.44. The van der Waals surface area contributed by atoms with Crippen LogP contribution in [0.2, 0.25) is 0 Å². The Balaban J connectivity index is 1.52. The molecule has 31 heavy (non-hydrogen) atoms. The van der Waals surface area contributed by atoms with Crippen LogP contribution in [-0.4, -0.2) is 53.6 Å². The summed E-state index contributed by atoms with van der Waals surface area (Å²) in [6.07, 6.45) is 5.67. The van der Waals surface area contributed by atoms with Crippen LogP contribution in [0.15, 0.2) is 30.5 Å². The molecular weight excluding hydrogens is 398 g/mol. The molecule has 0 unspecified atom stereocenters. The maximum absolute atomic E-state index is 12.0. The van der Waals surface area contributed by atoms with E-state index in [1.165, 1.54) is 6.20 Å². The molecule has 1 aromatic heterocycles. The molecule has 1 saturated carbocycles. The van der Waals surface area contributed by atoms with Gasteiger partial charge in [0.25, 0.3) is 11.8 Å². The Kier molecular flexibility index (Phi) is 6.28. The van der Waals surface area contributed by atoms with Gasteiger partial charge in [0.05, 0.1) is 12.8 Å². The van der Waals surface area contributed by atoms with E-state index in [9.17, 15) is 9.59 Å². The quantitative estimate of drug-likeness (QED) is 0.542. The van der Waals surface area contributed by atoms with E-state index in [0.717, 1.165) is 31.4 Å². The summed E-state index contributed by atoms with van der Waals surface area (Å²) in [6.45, 7) is 1.11. The zero-order valence-corrected chi connectivity index (χ0v) is 17.2. The minimum atomic E-state index is -0.675. The van der Waals surface area contributed by atoms with E-state index in [4.69, 9.17) is 16.2 Å². The minimum Gasteiger partial charge on any atom is -0.370 e. The lowest BCUT2D eigenvalue weighted by Gasteiger charge is -2.29. The fourth-order valence-electron chi connectivity index (χ4n) is 3.91.